The van der Waals surface area contributed by atoms with E-state index in [1.807, 2.05) is 0 Å². The van der Waals surface area contributed by atoms with Crippen LogP contribution in [0.15, 0.2) is 0 Å². The van der Waals surface area contributed by atoms with Gasteiger partial charge in [0.05, 0.1) is 12.5 Å². The zero-order valence-electron chi connectivity index (χ0n) is 11.3. The minimum Gasteiger partial charge on any atom is -0.304 e. The van der Waals surface area contributed by atoms with Crippen LogP contribution in [0.5, 0.6) is 0 Å². The van der Waals surface area contributed by atoms with E-state index >= 15 is 0 Å². The molecule has 0 bridgehead atoms. The maximum absolute atomic E-state index is 11.7. The van der Waals surface area contributed by atoms with Crippen molar-refractivity contribution in [2.75, 3.05) is 26.7 Å². The summed E-state index contributed by atoms with van der Waals surface area (Å²) in [5.74, 6) is -0.172. The predicted octanol–water partition coefficient (Wildman–Crippen LogP) is 0.208. The number of hydrogen-bond donors (Lipinski definition) is 1. The van der Waals surface area contributed by atoms with E-state index in [1.165, 1.54) is 24.2 Å². The number of rotatable bonds is 4. The van der Waals surface area contributed by atoms with Crippen molar-refractivity contribution in [3.63, 3.8) is 0 Å². The molecule has 2 saturated heterocycles. The molecule has 1 N–H and O–H groups in total. The molecule has 5 nitrogen and oxygen atoms in total. The molecule has 2 amide bonds. The fourth-order valence-corrected chi connectivity index (χ4v) is 2.72. The van der Waals surface area contributed by atoms with E-state index in [9.17, 15) is 9.59 Å². The highest BCUT2D eigenvalue weighted by atomic mass is 16.2. The van der Waals surface area contributed by atoms with E-state index in [2.05, 4.69) is 17.1 Å². The zero-order chi connectivity index (χ0) is 13.1. The average molecular weight is 253 g/mol. The molecule has 0 aromatic carbocycles. The molecule has 18 heavy (non-hydrogen) atoms. The Bertz CT molecular complexity index is 326. The second kappa shape index (κ2) is 5.80. The third-order valence-electron chi connectivity index (χ3n) is 4.06. The summed E-state index contributed by atoms with van der Waals surface area (Å²) in [6.07, 6.45) is 4.18. The minimum atomic E-state index is -0.310. The van der Waals surface area contributed by atoms with Crippen molar-refractivity contribution in [2.24, 2.45) is 0 Å². The van der Waals surface area contributed by atoms with Gasteiger partial charge in [-0.1, -0.05) is 6.42 Å². The van der Waals surface area contributed by atoms with Crippen LogP contribution in [-0.2, 0) is 9.59 Å². The van der Waals surface area contributed by atoms with Crippen molar-refractivity contribution in [1.82, 2.24) is 15.1 Å². The summed E-state index contributed by atoms with van der Waals surface area (Å²) in [5.41, 5.74) is 0. The van der Waals surface area contributed by atoms with Gasteiger partial charge in [0.1, 0.15) is 0 Å². The molecule has 0 aromatic rings. The van der Waals surface area contributed by atoms with Gasteiger partial charge in [-0.15, -0.1) is 0 Å². The lowest BCUT2D eigenvalue weighted by Gasteiger charge is -2.32. The van der Waals surface area contributed by atoms with Gasteiger partial charge in [-0.25, -0.2) is 0 Å². The molecule has 0 aromatic heterocycles. The SMILES string of the molecule is CC(CNC1CC(=O)N(C)C1=O)N1CCCCC1. The number of carbonyl (C=O) groups excluding carboxylic acids is 2. The number of nitrogens with one attached hydrogen (secondary N) is 1. The van der Waals surface area contributed by atoms with Gasteiger partial charge in [0.25, 0.3) is 0 Å². The number of amides is 2. The standard InChI is InChI=1S/C13H23N3O2/c1-10(16-6-4-3-5-7-16)9-14-11-8-12(17)15(2)13(11)18/h10-11,14H,3-9H2,1-2H3. The smallest absolute Gasteiger partial charge is 0.246 e. The highest BCUT2D eigenvalue weighted by Gasteiger charge is 2.35. The van der Waals surface area contributed by atoms with Crippen molar-refractivity contribution in [1.29, 1.82) is 0 Å². The summed E-state index contributed by atoms with van der Waals surface area (Å²) in [4.78, 5) is 26.8. The number of imide groups is 1. The first-order chi connectivity index (χ1) is 8.59. The van der Waals surface area contributed by atoms with Crippen LogP contribution in [0.2, 0.25) is 0 Å². The summed E-state index contributed by atoms with van der Waals surface area (Å²) in [5, 5.41) is 3.24. The molecule has 2 heterocycles. The van der Waals surface area contributed by atoms with Gasteiger partial charge in [-0.05, 0) is 32.9 Å². The summed E-state index contributed by atoms with van der Waals surface area (Å²) < 4.78 is 0. The van der Waals surface area contributed by atoms with Crippen molar-refractivity contribution < 1.29 is 9.59 Å². The van der Waals surface area contributed by atoms with Crippen molar-refractivity contribution in [3.05, 3.63) is 0 Å². The number of nitrogens with zero attached hydrogens (tertiary/aromatic N) is 2. The van der Waals surface area contributed by atoms with Gasteiger partial charge < -0.3 is 5.32 Å². The molecule has 2 atom stereocenters. The summed E-state index contributed by atoms with van der Waals surface area (Å²) in [6.45, 7) is 5.27. The topological polar surface area (TPSA) is 52.7 Å². The Hall–Kier alpha value is -0.940. The van der Waals surface area contributed by atoms with Crippen LogP contribution in [0, 0.1) is 0 Å². The van der Waals surface area contributed by atoms with Crippen molar-refractivity contribution in [3.8, 4) is 0 Å². The van der Waals surface area contributed by atoms with Gasteiger partial charge in [-0.3, -0.25) is 19.4 Å². The quantitative estimate of drug-likeness (QED) is 0.728. The molecule has 2 aliphatic heterocycles. The number of likely N-dealkylation sites (tertiary alicyclic amines) is 2. The first-order valence-electron chi connectivity index (χ1n) is 6.87. The Labute approximate surface area is 108 Å². The fourth-order valence-electron chi connectivity index (χ4n) is 2.72. The molecule has 5 heteroatoms. The van der Waals surface area contributed by atoms with Gasteiger partial charge in [0.2, 0.25) is 11.8 Å². The molecular weight excluding hydrogens is 230 g/mol. The molecule has 0 spiro atoms. The average Bonchev–Trinajstić information content (AvgIpc) is 2.64. The fraction of sp³-hybridized carbons (Fsp3) is 0.846. The number of likely N-dealkylation sites (N-methyl/N-ethyl adjacent to an activating group) is 1. The highest BCUT2D eigenvalue weighted by molar-refractivity contribution is 6.05. The van der Waals surface area contributed by atoms with E-state index in [1.54, 1.807) is 7.05 Å². The predicted molar refractivity (Wildman–Crippen MR) is 69.1 cm³/mol. The van der Waals surface area contributed by atoms with E-state index in [4.69, 9.17) is 0 Å². The van der Waals surface area contributed by atoms with Crippen LogP contribution in [0.1, 0.15) is 32.6 Å². The first kappa shape index (κ1) is 13.5. The number of carbonyl (C=O) groups is 2. The Balaban J connectivity index is 1.77. The monoisotopic (exact) mass is 253 g/mol. The molecule has 2 fully saturated rings. The normalized spacial score (nSPS) is 27.9. The molecule has 0 saturated carbocycles. The molecule has 2 aliphatic rings. The molecule has 2 rings (SSSR count). The minimum absolute atomic E-state index is 0.0804. The lowest BCUT2D eigenvalue weighted by Crippen LogP contribution is -2.47. The molecule has 102 valence electrons. The van der Waals surface area contributed by atoms with E-state index in [0.717, 1.165) is 19.6 Å². The number of hydrogen-bond acceptors (Lipinski definition) is 4. The van der Waals surface area contributed by atoms with Crippen LogP contribution in [0.3, 0.4) is 0 Å². The lowest BCUT2D eigenvalue weighted by molar-refractivity contribution is -0.137. The van der Waals surface area contributed by atoms with E-state index < -0.39 is 0 Å². The number of piperidine rings is 1. The van der Waals surface area contributed by atoms with Crippen LogP contribution >= 0.6 is 0 Å². The van der Waals surface area contributed by atoms with Crippen LogP contribution in [0.4, 0.5) is 0 Å². The second-order valence-corrected chi connectivity index (χ2v) is 5.40. The van der Waals surface area contributed by atoms with E-state index in [-0.39, 0.29) is 17.9 Å². The summed E-state index contributed by atoms with van der Waals surface area (Å²) in [7, 11) is 1.56. The maximum atomic E-state index is 11.7. The Morgan fingerprint density at radius 2 is 1.94 bits per heavy atom. The van der Waals surface area contributed by atoms with Gasteiger partial charge in [-0.2, -0.15) is 0 Å². The molecule has 2 unspecified atom stereocenters. The van der Waals surface area contributed by atoms with Gasteiger partial charge >= 0.3 is 0 Å². The Morgan fingerprint density at radius 1 is 1.28 bits per heavy atom. The Morgan fingerprint density at radius 3 is 2.50 bits per heavy atom. The second-order valence-electron chi connectivity index (χ2n) is 5.40. The summed E-state index contributed by atoms with van der Waals surface area (Å²) >= 11 is 0. The lowest BCUT2D eigenvalue weighted by atomic mass is 10.1. The Kier molecular flexibility index (Phi) is 4.35. The first-order valence-corrected chi connectivity index (χ1v) is 6.87. The zero-order valence-corrected chi connectivity index (χ0v) is 11.3. The van der Waals surface area contributed by atoms with Crippen molar-refractivity contribution in [2.45, 2.75) is 44.7 Å². The summed E-state index contributed by atoms with van der Waals surface area (Å²) in [6, 6.07) is 0.119. The van der Waals surface area contributed by atoms with Gasteiger partial charge in [0, 0.05) is 19.6 Å². The van der Waals surface area contributed by atoms with Gasteiger partial charge in [0.15, 0.2) is 0 Å². The highest BCUT2D eigenvalue weighted by Crippen LogP contribution is 2.13. The third kappa shape index (κ3) is 2.90. The van der Waals surface area contributed by atoms with Crippen LogP contribution in [-0.4, -0.2) is 60.4 Å². The molecule has 0 aliphatic carbocycles. The largest absolute Gasteiger partial charge is 0.304 e. The van der Waals surface area contributed by atoms with E-state index in [0.29, 0.717) is 12.5 Å². The molecule has 0 radical (unpaired) electrons. The maximum Gasteiger partial charge on any atom is 0.246 e. The van der Waals surface area contributed by atoms with Crippen LogP contribution in [0.25, 0.3) is 0 Å². The molecular formula is C13H23N3O2. The van der Waals surface area contributed by atoms with Crippen LogP contribution < -0.4 is 5.32 Å². The third-order valence-corrected chi connectivity index (χ3v) is 4.06. The van der Waals surface area contributed by atoms with Crippen molar-refractivity contribution >= 4 is 11.8 Å².